The van der Waals surface area contributed by atoms with E-state index in [2.05, 4.69) is 4.98 Å². The van der Waals surface area contributed by atoms with E-state index in [1.165, 1.54) is 37.9 Å². The molecule has 3 aromatic rings. The third kappa shape index (κ3) is 5.89. The molecular formula is C21H26ClN3O5S2. The molecule has 0 atom stereocenters. The van der Waals surface area contributed by atoms with Crippen LogP contribution in [0.15, 0.2) is 41.3 Å². The fourth-order valence-electron chi connectivity index (χ4n) is 2.91. The number of aromatic nitrogens is 1. The van der Waals surface area contributed by atoms with Gasteiger partial charge in [-0.2, -0.15) is 0 Å². The van der Waals surface area contributed by atoms with Gasteiger partial charge in [0.25, 0.3) is 5.91 Å². The second-order valence-electron chi connectivity index (χ2n) is 7.26. The van der Waals surface area contributed by atoms with Crippen LogP contribution in [0.3, 0.4) is 0 Å². The minimum absolute atomic E-state index is 0. The molecule has 1 aromatic heterocycles. The van der Waals surface area contributed by atoms with Crippen molar-refractivity contribution in [3.8, 4) is 11.5 Å². The third-order valence-electron chi connectivity index (χ3n) is 4.62. The molecule has 0 aliphatic rings. The Morgan fingerprint density at radius 2 is 1.66 bits per heavy atom. The van der Waals surface area contributed by atoms with Gasteiger partial charge in [0.2, 0.25) is 0 Å². The van der Waals surface area contributed by atoms with Gasteiger partial charge >= 0.3 is 0 Å². The first-order chi connectivity index (χ1) is 14.6. The molecule has 0 bridgehead atoms. The number of sulfone groups is 1. The molecule has 0 unspecified atom stereocenters. The zero-order chi connectivity index (χ0) is 22.8. The quantitative estimate of drug-likeness (QED) is 0.469. The van der Waals surface area contributed by atoms with E-state index < -0.39 is 9.84 Å². The Hall–Kier alpha value is -2.40. The number of benzene rings is 2. The second kappa shape index (κ2) is 10.5. The average molecular weight is 500 g/mol. The second-order valence-corrected chi connectivity index (χ2v) is 10.3. The van der Waals surface area contributed by atoms with Crippen molar-refractivity contribution in [2.45, 2.75) is 4.90 Å². The number of thiazole rings is 1. The average Bonchev–Trinajstić information content (AvgIpc) is 3.15. The number of hydrogen-bond acceptors (Lipinski definition) is 8. The largest absolute Gasteiger partial charge is 0.497 e. The number of fused-ring (bicyclic) bond motifs is 1. The number of likely N-dealkylation sites (N-methyl/N-ethyl adjacent to an activating group) is 1. The van der Waals surface area contributed by atoms with Gasteiger partial charge in [0.1, 0.15) is 11.5 Å². The molecule has 0 spiro atoms. The lowest BCUT2D eigenvalue weighted by Gasteiger charge is -2.22. The molecule has 0 aliphatic heterocycles. The SMILES string of the molecule is COc1cc(OC)cc(C(=O)N(CCN(C)C)c2nc3ccc(S(C)(=O)=O)cc3s2)c1.Cl. The van der Waals surface area contributed by atoms with Gasteiger partial charge in [-0.3, -0.25) is 9.69 Å². The summed E-state index contributed by atoms with van der Waals surface area (Å²) < 4.78 is 35.1. The van der Waals surface area contributed by atoms with Gasteiger partial charge in [-0.05, 0) is 44.4 Å². The zero-order valence-corrected chi connectivity index (χ0v) is 20.9. The fourth-order valence-corrected chi connectivity index (χ4v) is 4.66. The first-order valence-corrected chi connectivity index (χ1v) is 12.1. The highest BCUT2D eigenvalue weighted by atomic mass is 35.5. The number of carbonyl (C=O) groups is 1. The molecule has 0 radical (unpaired) electrons. The number of rotatable bonds is 8. The monoisotopic (exact) mass is 499 g/mol. The van der Waals surface area contributed by atoms with Crippen LogP contribution in [0.5, 0.6) is 11.5 Å². The van der Waals surface area contributed by atoms with Gasteiger partial charge in [-0.25, -0.2) is 13.4 Å². The van der Waals surface area contributed by atoms with Crippen molar-refractivity contribution in [2.75, 3.05) is 52.6 Å². The van der Waals surface area contributed by atoms with E-state index in [0.29, 0.717) is 45.5 Å². The standard InChI is InChI=1S/C21H25N3O5S2.ClH/c1-23(2)8-9-24(20(25)14-10-15(28-3)12-16(11-14)29-4)21-22-18-7-6-17(31(5,26)27)13-19(18)30-21;/h6-7,10-13H,8-9H2,1-5H3;1H. The van der Waals surface area contributed by atoms with E-state index in [0.717, 1.165) is 0 Å². The van der Waals surface area contributed by atoms with Crippen LogP contribution < -0.4 is 14.4 Å². The molecule has 1 amide bonds. The van der Waals surface area contributed by atoms with Gasteiger partial charge in [-0.15, -0.1) is 12.4 Å². The Bertz CT molecular complexity index is 1190. The van der Waals surface area contributed by atoms with Crippen molar-refractivity contribution < 1.29 is 22.7 Å². The summed E-state index contributed by atoms with van der Waals surface area (Å²) in [5.41, 5.74) is 1.05. The first-order valence-electron chi connectivity index (χ1n) is 9.42. The Morgan fingerprint density at radius 1 is 1.03 bits per heavy atom. The predicted octanol–water partition coefficient (Wildman–Crippen LogP) is 3.35. The van der Waals surface area contributed by atoms with E-state index in [4.69, 9.17) is 9.47 Å². The lowest BCUT2D eigenvalue weighted by Crippen LogP contribution is -2.36. The molecular weight excluding hydrogens is 474 g/mol. The summed E-state index contributed by atoms with van der Waals surface area (Å²) in [4.78, 5) is 21.8. The van der Waals surface area contributed by atoms with Crippen LogP contribution in [0, 0.1) is 0 Å². The smallest absolute Gasteiger partial charge is 0.260 e. The van der Waals surface area contributed by atoms with E-state index in [1.807, 2.05) is 19.0 Å². The molecule has 1 heterocycles. The van der Waals surface area contributed by atoms with Gasteiger partial charge in [-0.1, -0.05) is 11.3 Å². The number of hydrogen-bond donors (Lipinski definition) is 0. The van der Waals surface area contributed by atoms with Gasteiger partial charge < -0.3 is 14.4 Å². The lowest BCUT2D eigenvalue weighted by atomic mass is 10.1. The Kier molecular flexibility index (Phi) is 8.47. The van der Waals surface area contributed by atoms with Crippen LogP contribution in [0.2, 0.25) is 0 Å². The summed E-state index contributed by atoms with van der Waals surface area (Å²) in [7, 11) is 3.57. The van der Waals surface area contributed by atoms with Crippen LogP contribution in [0.1, 0.15) is 10.4 Å². The molecule has 2 aromatic carbocycles. The molecule has 0 saturated carbocycles. The maximum absolute atomic E-state index is 13.5. The zero-order valence-electron chi connectivity index (χ0n) is 18.5. The topological polar surface area (TPSA) is 89.0 Å². The van der Waals surface area contributed by atoms with Gasteiger partial charge in [0.05, 0.1) is 29.3 Å². The van der Waals surface area contributed by atoms with Crippen LogP contribution in [0.25, 0.3) is 10.2 Å². The summed E-state index contributed by atoms with van der Waals surface area (Å²) in [5.74, 6) is 0.774. The highest BCUT2D eigenvalue weighted by Gasteiger charge is 2.23. The fraction of sp³-hybridized carbons (Fsp3) is 0.333. The van der Waals surface area contributed by atoms with Crippen LogP contribution in [-0.2, 0) is 9.84 Å². The Balaban J connectivity index is 0.00000363. The predicted molar refractivity (Wildman–Crippen MR) is 130 cm³/mol. The minimum atomic E-state index is -3.34. The van der Waals surface area contributed by atoms with E-state index in [-0.39, 0.29) is 23.2 Å². The van der Waals surface area contributed by atoms with E-state index in [1.54, 1.807) is 35.2 Å². The maximum Gasteiger partial charge on any atom is 0.260 e. The van der Waals surface area contributed by atoms with Crippen LogP contribution in [-0.4, -0.2) is 71.9 Å². The highest BCUT2D eigenvalue weighted by Crippen LogP contribution is 2.32. The summed E-state index contributed by atoms with van der Waals surface area (Å²) in [5, 5.41) is 0.495. The molecule has 174 valence electrons. The van der Waals surface area contributed by atoms with Gasteiger partial charge in [0, 0.05) is 31.0 Å². The number of methoxy groups -OCH3 is 2. The van der Waals surface area contributed by atoms with E-state index >= 15 is 0 Å². The maximum atomic E-state index is 13.5. The number of carbonyl (C=O) groups excluding carboxylic acids is 1. The van der Waals surface area contributed by atoms with Crippen molar-refractivity contribution in [1.29, 1.82) is 0 Å². The van der Waals surface area contributed by atoms with Gasteiger partial charge in [0.15, 0.2) is 15.0 Å². The Morgan fingerprint density at radius 3 is 2.19 bits per heavy atom. The molecule has 11 heteroatoms. The van der Waals surface area contributed by atoms with Crippen molar-refractivity contribution in [2.24, 2.45) is 0 Å². The van der Waals surface area contributed by atoms with E-state index in [9.17, 15) is 13.2 Å². The number of amides is 1. The summed E-state index contributed by atoms with van der Waals surface area (Å²) >= 11 is 1.28. The van der Waals surface area contributed by atoms with Crippen molar-refractivity contribution in [1.82, 2.24) is 9.88 Å². The highest BCUT2D eigenvalue weighted by molar-refractivity contribution is 7.90. The summed E-state index contributed by atoms with van der Waals surface area (Å²) in [6.45, 7) is 1.03. The van der Waals surface area contributed by atoms with Crippen LogP contribution >= 0.6 is 23.7 Å². The molecule has 32 heavy (non-hydrogen) atoms. The van der Waals surface area contributed by atoms with Crippen molar-refractivity contribution >= 4 is 54.8 Å². The minimum Gasteiger partial charge on any atom is -0.497 e. The number of anilines is 1. The first kappa shape index (κ1) is 25.9. The lowest BCUT2D eigenvalue weighted by molar-refractivity contribution is 0.0984. The number of halogens is 1. The van der Waals surface area contributed by atoms with Crippen molar-refractivity contribution in [3.05, 3.63) is 42.0 Å². The molecule has 0 N–H and O–H groups in total. The number of nitrogens with zero attached hydrogens (tertiary/aromatic N) is 3. The normalized spacial score (nSPS) is 11.3. The number of ether oxygens (including phenoxy) is 2. The summed E-state index contributed by atoms with van der Waals surface area (Å²) in [6, 6.07) is 9.79. The molecule has 8 nitrogen and oxygen atoms in total. The Labute approximate surface area is 198 Å². The third-order valence-corrected chi connectivity index (χ3v) is 6.77. The molecule has 3 rings (SSSR count). The summed E-state index contributed by atoms with van der Waals surface area (Å²) in [6.07, 6.45) is 1.17. The molecule has 0 saturated heterocycles. The molecule has 0 aliphatic carbocycles. The van der Waals surface area contributed by atoms with Crippen LogP contribution in [0.4, 0.5) is 5.13 Å². The molecule has 0 fully saturated rings. The van der Waals surface area contributed by atoms with Crippen molar-refractivity contribution in [3.63, 3.8) is 0 Å².